The van der Waals surface area contributed by atoms with Crippen molar-refractivity contribution in [2.24, 2.45) is 5.92 Å². The summed E-state index contributed by atoms with van der Waals surface area (Å²) < 4.78 is 9.94. The van der Waals surface area contributed by atoms with E-state index in [1.807, 2.05) is 0 Å². The van der Waals surface area contributed by atoms with Crippen LogP contribution in [0.3, 0.4) is 0 Å². The lowest BCUT2D eigenvalue weighted by atomic mass is 9.96. The van der Waals surface area contributed by atoms with Gasteiger partial charge in [-0.15, -0.1) is 0 Å². The number of ketones is 1. The topological polar surface area (TPSA) is 135 Å². The van der Waals surface area contributed by atoms with Crippen molar-refractivity contribution in [3.05, 3.63) is 22.5 Å². The van der Waals surface area contributed by atoms with E-state index in [-0.39, 0.29) is 23.8 Å². The summed E-state index contributed by atoms with van der Waals surface area (Å²) in [4.78, 5) is 64.9. The molecule has 1 aliphatic carbocycles. The molecule has 2 aliphatic rings. The molecule has 1 saturated heterocycles. The molecule has 0 bridgehead atoms. The molecule has 3 amide bonds. The number of rotatable bonds is 8. The van der Waals surface area contributed by atoms with Crippen LogP contribution in [0.4, 0.5) is 4.79 Å². The molecule has 0 radical (unpaired) electrons. The Labute approximate surface area is 173 Å². The second-order valence-electron chi connectivity index (χ2n) is 7.73. The van der Waals surface area contributed by atoms with Gasteiger partial charge >= 0.3 is 18.0 Å². The third-order valence-corrected chi connectivity index (χ3v) is 5.54. The van der Waals surface area contributed by atoms with Crippen molar-refractivity contribution < 1.29 is 33.4 Å². The second kappa shape index (κ2) is 7.92. The minimum atomic E-state index is -0.990. The number of esters is 2. The molecule has 1 aromatic heterocycles. The molecule has 1 aromatic rings. The number of urea groups is 1. The maximum atomic E-state index is 12.5. The monoisotopic (exact) mass is 419 g/mol. The first-order valence-electron chi connectivity index (χ1n) is 9.79. The standard InChI is InChI=1S/C20H25N3O7/c1-5-29-17(26)16-10(2)15(11(3)21-16)13(24)9-30-14(25)8-23-18(27)20(4,12-6-7-12)22-19(23)28/h12,21H,5-9H2,1-4H3,(H,22,28). The van der Waals surface area contributed by atoms with E-state index in [2.05, 4.69) is 10.3 Å². The predicted octanol–water partition coefficient (Wildman–Crippen LogP) is 1.25. The van der Waals surface area contributed by atoms with Crippen molar-refractivity contribution in [1.82, 2.24) is 15.2 Å². The van der Waals surface area contributed by atoms with Gasteiger partial charge < -0.3 is 19.8 Å². The minimum Gasteiger partial charge on any atom is -0.461 e. The molecule has 10 heteroatoms. The van der Waals surface area contributed by atoms with Gasteiger partial charge in [0.05, 0.1) is 6.61 Å². The van der Waals surface area contributed by atoms with Crippen molar-refractivity contribution in [1.29, 1.82) is 0 Å². The summed E-state index contributed by atoms with van der Waals surface area (Å²) in [7, 11) is 0. The van der Waals surface area contributed by atoms with Crippen LogP contribution >= 0.6 is 0 Å². The number of Topliss-reactive ketones (excluding diaryl/α,β-unsaturated/α-hetero) is 1. The molecule has 2 heterocycles. The van der Waals surface area contributed by atoms with Crippen LogP contribution in [0.2, 0.25) is 0 Å². The Bertz CT molecular complexity index is 931. The highest BCUT2D eigenvalue weighted by Gasteiger charge is 2.56. The van der Waals surface area contributed by atoms with Gasteiger partial charge in [0.1, 0.15) is 17.8 Å². The molecule has 10 nitrogen and oxygen atoms in total. The summed E-state index contributed by atoms with van der Waals surface area (Å²) in [5.74, 6) is -2.35. The molecular formula is C20H25N3O7. The van der Waals surface area contributed by atoms with Gasteiger partial charge in [0.15, 0.2) is 6.61 Å². The van der Waals surface area contributed by atoms with Gasteiger partial charge in [0.2, 0.25) is 5.78 Å². The molecule has 2 N–H and O–H groups in total. The van der Waals surface area contributed by atoms with E-state index in [1.54, 1.807) is 27.7 Å². The number of nitrogens with zero attached hydrogens (tertiary/aromatic N) is 1. The highest BCUT2D eigenvalue weighted by atomic mass is 16.5. The second-order valence-corrected chi connectivity index (χ2v) is 7.73. The van der Waals surface area contributed by atoms with Crippen LogP contribution < -0.4 is 5.32 Å². The van der Waals surface area contributed by atoms with Crippen molar-refractivity contribution in [3.63, 3.8) is 0 Å². The molecular weight excluding hydrogens is 394 g/mol. The van der Waals surface area contributed by atoms with Crippen molar-refractivity contribution in [2.75, 3.05) is 19.8 Å². The van der Waals surface area contributed by atoms with Crippen molar-refractivity contribution in [2.45, 2.75) is 46.1 Å². The van der Waals surface area contributed by atoms with Crippen LogP contribution in [0.5, 0.6) is 0 Å². The van der Waals surface area contributed by atoms with Crippen LogP contribution in [-0.2, 0) is 19.1 Å². The number of amides is 3. The van der Waals surface area contributed by atoms with Crippen molar-refractivity contribution >= 4 is 29.7 Å². The van der Waals surface area contributed by atoms with Crippen molar-refractivity contribution in [3.8, 4) is 0 Å². The van der Waals surface area contributed by atoms with E-state index < -0.39 is 48.4 Å². The summed E-state index contributed by atoms with van der Waals surface area (Å²) in [6.45, 7) is 5.59. The predicted molar refractivity (Wildman–Crippen MR) is 103 cm³/mol. The molecule has 162 valence electrons. The number of imide groups is 1. The Morgan fingerprint density at radius 3 is 2.43 bits per heavy atom. The number of hydrogen-bond acceptors (Lipinski definition) is 7. The number of carbonyl (C=O) groups excluding carboxylic acids is 5. The number of carbonyl (C=O) groups is 5. The number of aryl methyl sites for hydroxylation is 1. The molecule has 3 rings (SSSR count). The summed E-state index contributed by atoms with van der Waals surface area (Å²) in [5.41, 5.74) is 0.271. The number of nitrogens with one attached hydrogen (secondary N) is 2. The van der Waals surface area contributed by atoms with Gasteiger partial charge in [0, 0.05) is 11.3 Å². The SMILES string of the molecule is CCOC(=O)c1[nH]c(C)c(C(=O)COC(=O)CN2C(=O)NC(C)(C3CC3)C2=O)c1C. The third kappa shape index (κ3) is 3.81. The lowest BCUT2D eigenvalue weighted by Crippen LogP contribution is -2.46. The van der Waals surface area contributed by atoms with Crippen LogP contribution in [0, 0.1) is 19.8 Å². The summed E-state index contributed by atoms with van der Waals surface area (Å²) in [5, 5.41) is 2.64. The zero-order valence-electron chi connectivity index (χ0n) is 17.4. The fourth-order valence-electron chi connectivity index (χ4n) is 3.77. The van der Waals surface area contributed by atoms with Gasteiger partial charge in [-0.2, -0.15) is 0 Å². The van der Waals surface area contributed by atoms with E-state index in [9.17, 15) is 24.0 Å². The van der Waals surface area contributed by atoms with Crippen LogP contribution in [0.15, 0.2) is 0 Å². The Kier molecular flexibility index (Phi) is 5.69. The first-order chi connectivity index (χ1) is 14.1. The Balaban J connectivity index is 1.60. The first kappa shape index (κ1) is 21.5. The molecule has 2 fully saturated rings. The van der Waals surface area contributed by atoms with Crippen LogP contribution in [0.25, 0.3) is 0 Å². The van der Waals surface area contributed by atoms with E-state index in [0.717, 1.165) is 17.7 Å². The molecule has 30 heavy (non-hydrogen) atoms. The number of ether oxygens (including phenoxy) is 2. The van der Waals surface area contributed by atoms with E-state index in [0.29, 0.717) is 11.3 Å². The van der Waals surface area contributed by atoms with E-state index in [4.69, 9.17) is 9.47 Å². The normalized spacial score (nSPS) is 20.9. The molecule has 1 saturated carbocycles. The van der Waals surface area contributed by atoms with E-state index in [1.165, 1.54) is 0 Å². The van der Waals surface area contributed by atoms with Crippen LogP contribution in [-0.4, -0.2) is 64.8 Å². The zero-order chi connectivity index (χ0) is 22.2. The number of aromatic nitrogens is 1. The largest absolute Gasteiger partial charge is 0.461 e. The Morgan fingerprint density at radius 2 is 1.83 bits per heavy atom. The molecule has 0 aromatic carbocycles. The number of H-pyrrole nitrogens is 1. The Hall–Kier alpha value is -3.17. The third-order valence-electron chi connectivity index (χ3n) is 5.54. The fraction of sp³-hybridized carbons (Fsp3) is 0.550. The maximum Gasteiger partial charge on any atom is 0.355 e. The summed E-state index contributed by atoms with van der Waals surface area (Å²) in [6, 6.07) is -0.644. The summed E-state index contributed by atoms with van der Waals surface area (Å²) >= 11 is 0. The van der Waals surface area contributed by atoms with Gasteiger partial charge in [-0.1, -0.05) is 0 Å². The molecule has 1 aliphatic heterocycles. The van der Waals surface area contributed by atoms with E-state index >= 15 is 0 Å². The lowest BCUT2D eigenvalue weighted by Gasteiger charge is -2.20. The smallest absolute Gasteiger partial charge is 0.355 e. The quantitative estimate of drug-likeness (QED) is 0.368. The number of aromatic amines is 1. The van der Waals surface area contributed by atoms with Gasteiger partial charge in [0.25, 0.3) is 5.91 Å². The molecule has 0 spiro atoms. The molecule has 1 atom stereocenters. The lowest BCUT2D eigenvalue weighted by molar-refractivity contribution is -0.146. The van der Waals surface area contributed by atoms with Crippen LogP contribution in [0.1, 0.15) is 58.8 Å². The zero-order valence-corrected chi connectivity index (χ0v) is 17.4. The fourth-order valence-corrected chi connectivity index (χ4v) is 3.77. The first-order valence-corrected chi connectivity index (χ1v) is 9.79. The summed E-state index contributed by atoms with van der Waals surface area (Å²) in [6.07, 6.45) is 1.69. The van der Waals surface area contributed by atoms with Gasteiger partial charge in [-0.25, -0.2) is 9.59 Å². The Morgan fingerprint density at radius 1 is 1.17 bits per heavy atom. The molecule has 1 unspecified atom stereocenters. The van der Waals surface area contributed by atoms with Gasteiger partial charge in [-0.3, -0.25) is 19.3 Å². The minimum absolute atomic E-state index is 0.0738. The average Bonchev–Trinajstić information content (AvgIpc) is 3.46. The van der Waals surface area contributed by atoms with Gasteiger partial charge in [-0.05, 0) is 52.0 Å². The average molecular weight is 419 g/mol. The maximum absolute atomic E-state index is 12.5. The highest BCUT2D eigenvalue weighted by molar-refractivity contribution is 6.09. The number of hydrogen-bond donors (Lipinski definition) is 2. The highest BCUT2D eigenvalue weighted by Crippen LogP contribution is 2.42.